The van der Waals surface area contributed by atoms with Crippen molar-refractivity contribution >= 4 is 27.8 Å². The van der Waals surface area contributed by atoms with Crippen molar-refractivity contribution in [3.05, 3.63) is 63.9 Å². The van der Waals surface area contributed by atoms with E-state index in [4.69, 9.17) is 4.74 Å². The summed E-state index contributed by atoms with van der Waals surface area (Å²) in [7, 11) is 0. The fourth-order valence-electron chi connectivity index (χ4n) is 3.56. The number of nitrogens with zero attached hydrogens (tertiary/aromatic N) is 2. The Morgan fingerprint density at radius 1 is 1.29 bits per heavy atom. The monoisotopic (exact) mass is 386 g/mol. The number of aromatic nitrogens is 1. The summed E-state index contributed by atoms with van der Waals surface area (Å²) in [5, 5.41) is 0. The highest BCUT2D eigenvalue weighted by molar-refractivity contribution is 9.10. The third-order valence-electron chi connectivity index (χ3n) is 4.62. The lowest BCUT2D eigenvalue weighted by atomic mass is 9.85. The van der Waals surface area contributed by atoms with Crippen molar-refractivity contribution in [2.24, 2.45) is 0 Å². The smallest absolute Gasteiger partial charge is 0.339 e. The highest BCUT2D eigenvalue weighted by atomic mass is 79.9. The lowest BCUT2D eigenvalue weighted by Gasteiger charge is -2.39. The maximum Gasteiger partial charge on any atom is 0.339 e. The number of pyridine rings is 1. The Morgan fingerprint density at radius 3 is 2.96 bits per heavy atom. The van der Waals surface area contributed by atoms with E-state index in [1.54, 1.807) is 29.4 Å². The number of ether oxygens (including phenoxy) is 1. The van der Waals surface area contributed by atoms with E-state index in [-0.39, 0.29) is 11.9 Å². The minimum Gasteiger partial charge on any atom is -0.449 e. The van der Waals surface area contributed by atoms with Crippen LogP contribution in [0.2, 0.25) is 0 Å². The summed E-state index contributed by atoms with van der Waals surface area (Å²) in [6.45, 7) is 1.02. The Bertz CT molecular complexity index is 839. The average molecular weight is 387 g/mol. The van der Waals surface area contributed by atoms with Crippen molar-refractivity contribution < 1.29 is 14.3 Å². The van der Waals surface area contributed by atoms with Gasteiger partial charge < -0.3 is 9.64 Å². The van der Waals surface area contributed by atoms with Crippen LogP contribution in [-0.4, -0.2) is 34.8 Å². The molecule has 0 radical (unpaired) electrons. The van der Waals surface area contributed by atoms with E-state index >= 15 is 0 Å². The summed E-state index contributed by atoms with van der Waals surface area (Å²) in [5.41, 5.74) is 1.30. The standard InChI is InChI=1S/C18H15BrN2O3/c19-13-8-12(9-20-10-13)16(22)21-7-3-6-18(11-21)15-5-2-1-4-14(15)17(23)24-18/h1-2,4-5,8-10H,3,6-7,11H2/t18-/m0/s1. The zero-order valence-corrected chi connectivity index (χ0v) is 14.5. The second-order valence-electron chi connectivity index (χ2n) is 6.15. The normalized spacial score (nSPS) is 22.4. The predicted octanol–water partition coefficient (Wildman–Crippen LogP) is 3.15. The molecule has 0 aliphatic carbocycles. The Morgan fingerprint density at radius 2 is 2.12 bits per heavy atom. The van der Waals surface area contributed by atoms with Crippen LogP contribution in [0.1, 0.15) is 39.1 Å². The Kier molecular flexibility index (Phi) is 3.64. The van der Waals surface area contributed by atoms with Crippen molar-refractivity contribution in [2.75, 3.05) is 13.1 Å². The summed E-state index contributed by atoms with van der Waals surface area (Å²) < 4.78 is 6.50. The summed E-state index contributed by atoms with van der Waals surface area (Å²) in [5.74, 6) is -0.396. The second-order valence-corrected chi connectivity index (χ2v) is 7.07. The number of rotatable bonds is 1. The highest BCUT2D eigenvalue weighted by Gasteiger charge is 2.48. The molecule has 4 rings (SSSR count). The van der Waals surface area contributed by atoms with E-state index < -0.39 is 5.60 Å². The summed E-state index contributed by atoms with van der Waals surface area (Å²) in [6.07, 6.45) is 4.72. The number of likely N-dealkylation sites (tertiary alicyclic amines) is 1. The lowest BCUT2D eigenvalue weighted by Crippen LogP contribution is -2.48. The number of carbonyl (C=O) groups excluding carboxylic acids is 2. The molecule has 122 valence electrons. The second kappa shape index (κ2) is 5.70. The largest absolute Gasteiger partial charge is 0.449 e. The number of esters is 1. The van der Waals surface area contributed by atoms with Gasteiger partial charge in [-0.25, -0.2) is 4.79 Å². The molecule has 0 N–H and O–H groups in total. The third-order valence-corrected chi connectivity index (χ3v) is 5.05. The molecule has 0 saturated carbocycles. The van der Waals surface area contributed by atoms with Gasteiger partial charge in [0.2, 0.25) is 0 Å². The molecular formula is C18H15BrN2O3. The summed E-state index contributed by atoms with van der Waals surface area (Å²) in [6, 6.07) is 9.20. The molecular weight excluding hydrogens is 372 g/mol. The zero-order valence-electron chi connectivity index (χ0n) is 12.9. The molecule has 1 fully saturated rings. The highest BCUT2D eigenvalue weighted by Crippen LogP contribution is 2.42. The molecule has 1 atom stereocenters. The van der Waals surface area contributed by atoms with E-state index in [0.29, 0.717) is 24.2 Å². The van der Waals surface area contributed by atoms with Crippen LogP contribution < -0.4 is 0 Å². The van der Waals surface area contributed by atoms with Crippen LogP contribution >= 0.6 is 15.9 Å². The SMILES string of the molecule is O=C1O[C@]2(CCCN(C(=O)c3cncc(Br)c3)C2)c2ccccc21. The molecule has 1 amide bonds. The van der Waals surface area contributed by atoms with Gasteiger partial charge in [-0.05, 0) is 40.9 Å². The van der Waals surface area contributed by atoms with E-state index in [1.807, 2.05) is 18.2 Å². The van der Waals surface area contributed by atoms with Crippen LogP contribution in [0.15, 0.2) is 47.2 Å². The fourth-order valence-corrected chi connectivity index (χ4v) is 3.92. The number of piperidine rings is 1. The van der Waals surface area contributed by atoms with Crippen LogP contribution in [0.25, 0.3) is 0 Å². The van der Waals surface area contributed by atoms with Crippen molar-refractivity contribution in [3.63, 3.8) is 0 Å². The molecule has 1 saturated heterocycles. The van der Waals surface area contributed by atoms with Crippen LogP contribution in [0.5, 0.6) is 0 Å². The molecule has 0 unspecified atom stereocenters. The number of benzene rings is 1. The van der Waals surface area contributed by atoms with E-state index in [9.17, 15) is 9.59 Å². The van der Waals surface area contributed by atoms with Gasteiger partial charge in [-0.2, -0.15) is 0 Å². The van der Waals surface area contributed by atoms with Gasteiger partial charge in [0.1, 0.15) is 0 Å². The van der Waals surface area contributed by atoms with Crippen LogP contribution in [0.3, 0.4) is 0 Å². The molecule has 6 heteroatoms. The van der Waals surface area contributed by atoms with Gasteiger partial charge in [0.25, 0.3) is 5.91 Å². The summed E-state index contributed by atoms with van der Waals surface area (Å²) >= 11 is 3.34. The topological polar surface area (TPSA) is 59.5 Å². The number of fused-ring (bicyclic) bond motifs is 2. The number of hydrogen-bond acceptors (Lipinski definition) is 4. The number of carbonyl (C=O) groups is 2. The molecule has 2 aromatic rings. The number of hydrogen-bond donors (Lipinski definition) is 0. The van der Waals surface area contributed by atoms with Gasteiger partial charge in [-0.15, -0.1) is 0 Å². The number of amides is 1. The quantitative estimate of drug-likeness (QED) is 0.706. The first-order valence-electron chi connectivity index (χ1n) is 7.82. The Labute approximate surface area is 147 Å². The lowest BCUT2D eigenvalue weighted by molar-refractivity contribution is -0.0442. The molecule has 1 spiro atoms. The van der Waals surface area contributed by atoms with Crippen molar-refractivity contribution in [1.29, 1.82) is 0 Å². The third kappa shape index (κ3) is 2.41. The van der Waals surface area contributed by atoms with Gasteiger partial charge in [-0.3, -0.25) is 9.78 Å². The minimum atomic E-state index is -0.721. The molecule has 2 aliphatic heterocycles. The number of halogens is 1. The maximum absolute atomic E-state index is 12.8. The average Bonchev–Trinajstić information content (AvgIpc) is 2.86. The molecule has 2 aliphatic rings. The maximum atomic E-state index is 12.8. The van der Waals surface area contributed by atoms with Crippen molar-refractivity contribution in [3.8, 4) is 0 Å². The Hall–Kier alpha value is -2.21. The fraction of sp³-hybridized carbons (Fsp3) is 0.278. The van der Waals surface area contributed by atoms with Gasteiger partial charge in [0.15, 0.2) is 5.60 Å². The Balaban J connectivity index is 1.65. The first-order valence-corrected chi connectivity index (χ1v) is 8.61. The van der Waals surface area contributed by atoms with Gasteiger partial charge in [-0.1, -0.05) is 18.2 Å². The summed E-state index contributed by atoms with van der Waals surface area (Å²) in [4.78, 5) is 30.8. The van der Waals surface area contributed by atoms with Gasteiger partial charge >= 0.3 is 5.97 Å². The van der Waals surface area contributed by atoms with Crippen LogP contribution in [-0.2, 0) is 10.3 Å². The first-order chi connectivity index (χ1) is 11.6. The van der Waals surface area contributed by atoms with Crippen LogP contribution in [0, 0.1) is 0 Å². The van der Waals surface area contributed by atoms with Gasteiger partial charge in [0, 0.05) is 29.0 Å². The molecule has 5 nitrogen and oxygen atoms in total. The minimum absolute atomic E-state index is 0.0942. The van der Waals surface area contributed by atoms with E-state index in [1.165, 1.54) is 0 Å². The molecule has 1 aromatic heterocycles. The molecule has 3 heterocycles. The van der Waals surface area contributed by atoms with Crippen LogP contribution in [0.4, 0.5) is 0 Å². The van der Waals surface area contributed by atoms with E-state index in [2.05, 4.69) is 20.9 Å². The first kappa shape index (κ1) is 15.3. The van der Waals surface area contributed by atoms with Gasteiger partial charge in [0.05, 0.1) is 17.7 Å². The molecule has 1 aromatic carbocycles. The zero-order chi connectivity index (χ0) is 16.7. The predicted molar refractivity (Wildman–Crippen MR) is 90.6 cm³/mol. The molecule has 0 bridgehead atoms. The molecule has 24 heavy (non-hydrogen) atoms. The van der Waals surface area contributed by atoms with Crippen molar-refractivity contribution in [2.45, 2.75) is 18.4 Å². The van der Waals surface area contributed by atoms with Crippen molar-refractivity contribution in [1.82, 2.24) is 9.88 Å². The van der Waals surface area contributed by atoms with E-state index in [0.717, 1.165) is 22.9 Å².